The van der Waals surface area contributed by atoms with Crippen LogP contribution in [-0.2, 0) is 0 Å². The molecule has 1 atom stereocenters. The summed E-state index contributed by atoms with van der Waals surface area (Å²) in [5.74, 6) is 1.97. The van der Waals surface area contributed by atoms with Crippen molar-refractivity contribution >= 4 is 0 Å². The second-order valence-corrected chi connectivity index (χ2v) is 7.78. The van der Waals surface area contributed by atoms with Gasteiger partial charge in [-0.05, 0) is 71.2 Å². The molecule has 0 amide bonds. The summed E-state index contributed by atoms with van der Waals surface area (Å²) in [7, 11) is 4.67. The molecule has 2 heteroatoms. The summed E-state index contributed by atoms with van der Waals surface area (Å²) in [5.41, 5.74) is 0. The molecule has 1 aliphatic heterocycles. The summed E-state index contributed by atoms with van der Waals surface area (Å²) >= 11 is 0. The second kappa shape index (κ2) is 9.84. The molecule has 0 radical (unpaired) electrons. The van der Waals surface area contributed by atoms with Gasteiger partial charge in [-0.1, -0.05) is 44.9 Å². The number of rotatable bonds is 1. The van der Waals surface area contributed by atoms with E-state index in [0.29, 0.717) is 0 Å². The predicted octanol–water partition coefficient (Wildman–Crippen LogP) is 4.40. The maximum Gasteiger partial charge on any atom is 0.000926 e. The van der Waals surface area contributed by atoms with Crippen LogP contribution >= 0.6 is 0 Å². The minimum absolute atomic E-state index is 0.958. The molecule has 2 aliphatic rings. The second-order valence-electron chi connectivity index (χ2n) is 7.78. The summed E-state index contributed by atoms with van der Waals surface area (Å²) in [6, 6.07) is 0. The Morgan fingerprint density at radius 2 is 1.05 bits per heavy atom. The molecule has 1 heterocycles. The van der Waals surface area contributed by atoms with Crippen LogP contribution in [0.4, 0.5) is 0 Å². The zero-order valence-corrected chi connectivity index (χ0v) is 14.7. The van der Waals surface area contributed by atoms with E-state index in [1.165, 1.54) is 96.8 Å². The zero-order valence-electron chi connectivity index (χ0n) is 14.7. The van der Waals surface area contributed by atoms with Gasteiger partial charge in [0.1, 0.15) is 0 Å². The van der Waals surface area contributed by atoms with Gasteiger partial charge in [0.25, 0.3) is 0 Å². The molecule has 0 aromatic rings. The van der Waals surface area contributed by atoms with Crippen LogP contribution in [0.25, 0.3) is 0 Å². The molecular formula is C19H38N2. The lowest BCUT2D eigenvalue weighted by Crippen LogP contribution is -2.31. The van der Waals surface area contributed by atoms with Crippen LogP contribution in [0.15, 0.2) is 0 Å². The fraction of sp³-hybridized carbons (Fsp3) is 1.00. The summed E-state index contributed by atoms with van der Waals surface area (Å²) in [6.45, 7) is 5.26. The van der Waals surface area contributed by atoms with E-state index in [0.717, 1.165) is 11.8 Å². The third kappa shape index (κ3) is 6.69. The molecule has 0 spiro atoms. The standard InChI is InChI=1S/C19H38N2/c1-20-14-8-9-15-21(2)17-19(13-10-16-20)18-11-6-4-3-5-7-12-18/h18-19H,3-17H2,1-2H3. The van der Waals surface area contributed by atoms with Crippen LogP contribution < -0.4 is 0 Å². The Morgan fingerprint density at radius 3 is 1.76 bits per heavy atom. The lowest BCUT2D eigenvalue weighted by Gasteiger charge is -2.32. The van der Waals surface area contributed by atoms with E-state index in [-0.39, 0.29) is 0 Å². The van der Waals surface area contributed by atoms with Crippen LogP contribution in [0.1, 0.15) is 70.6 Å². The third-order valence-corrected chi connectivity index (χ3v) is 5.81. The van der Waals surface area contributed by atoms with Crippen LogP contribution in [0.3, 0.4) is 0 Å². The first-order valence-electron chi connectivity index (χ1n) is 9.63. The van der Waals surface area contributed by atoms with E-state index >= 15 is 0 Å². The lowest BCUT2D eigenvalue weighted by atomic mass is 9.79. The van der Waals surface area contributed by atoms with Gasteiger partial charge in [-0.15, -0.1) is 0 Å². The smallest absolute Gasteiger partial charge is 0.000926 e. The first-order valence-corrected chi connectivity index (χ1v) is 9.63. The average molecular weight is 295 g/mol. The fourth-order valence-corrected chi connectivity index (χ4v) is 4.43. The Balaban J connectivity index is 1.91. The van der Waals surface area contributed by atoms with Gasteiger partial charge in [-0.25, -0.2) is 0 Å². The molecule has 0 N–H and O–H groups in total. The molecule has 1 saturated heterocycles. The quantitative estimate of drug-likeness (QED) is 0.707. The van der Waals surface area contributed by atoms with Crippen LogP contribution in [0, 0.1) is 11.8 Å². The van der Waals surface area contributed by atoms with E-state index in [1.54, 1.807) is 0 Å². The van der Waals surface area contributed by atoms with Gasteiger partial charge in [0.15, 0.2) is 0 Å². The molecule has 0 aromatic heterocycles. The molecule has 1 saturated carbocycles. The molecule has 2 rings (SSSR count). The first-order chi connectivity index (χ1) is 10.3. The van der Waals surface area contributed by atoms with Crippen molar-refractivity contribution in [2.24, 2.45) is 11.8 Å². The average Bonchev–Trinajstić information content (AvgIpc) is 2.45. The predicted molar refractivity (Wildman–Crippen MR) is 92.8 cm³/mol. The monoisotopic (exact) mass is 294 g/mol. The van der Waals surface area contributed by atoms with Crippen molar-refractivity contribution in [1.82, 2.24) is 9.80 Å². The number of hydrogen-bond donors (Lipinski definition) is 0. The summed E-state index contributed by atoms with van der Waals surface area (Å²) in [6.07, 6.45) is 16.1. The highest BCUT2D eigenvalue weighted by Gasteiger charge is 2.23. The molecule has 0 aromatic carbocycles. The van der Waals surface area contributed by atoms with Gasteiger partial charge in [-0.3, -0.25) is 0 Å². The van der Waals surface area contributed by atoms with Gasteiger partial charge in [-0.2, -0.15) is 0 Å². The summed E-state index contributed by atoms with van der Waals surface area (Å²) in [5, 5.41) is 0. The maximum absolute atomic E-state index is 2.63. The summed E-state index contributed by atoms with van der Waals surface area (Å²) < 4.78 is 0. The van der Waals surface area contributed by atoms with Gasteiger partial charge in [0.2, 0.25) is 0 Å². The molecule has 1 unspecified atom stereocenters. The number of nitrogens with zero attached hydrogens (tertiary/aromatic N) is 2. The molecular weight excluding hydrogens is 256 g/mol. The molecule has 1 aliphatic carbocycles. The van der Waals surface area contributed by atoms with Crippen LogP contribution in [0.2, 0.25) is 0 Å². The topological polar surface area (TPSA) is 6.48 Å². The van der Waals surface area contributed by atoms with Crippen molar-refractivity contribution in [2.45, 2.75) is 70.6 Å². The minimum Gasteiger partial charge on any atom is -0.306 e. The Bertz CT molecular complexity index is 258. The molecule has 21 heavy (non-hydrogen) atoms. The van der Waals surface area contributed by atoms with Crippen molar-refractivity contribution < 1.29 is 0 Å². The van der Waals surface area contributed by atoms with Crippen molar-refractivity contribution in [3.05, 3.63) is 0 Å². The Labute approximate surface area is 133 Å². The Hall–Kier alpha value is -0.0800. The molecule has 0 bridgehead atoms. The highest BCUT2D eigenvalue weighted by Crippen LogP contribution is 2.31. The van der Waals surface area contributed by atoms with E-state index < -0.39 is 0 Å². The lowest BCUT2D eigenvalue weighted by molar-refractivity contribution is 0.179. The minimum atomic E-state index is 0.958. The van der Waals surface area contributed by atoms with Gasteiger partial charge in [0, 0.05) is 6.54 Å². The maximum atomic E-state index is 2.63. The highest BCUT2D eigenvalue weighted by atomic mass is 15.1. The van der Waals surface area contributed by atoms with Gasteiger partial charge in [0.05, 0.1) is 0 Å². The van der Waals surface area contributed by atoms with Crippen molar-refractivity contribution in [3.63, 3.8) is 0 Å². The Morgan fingerprint density at radius 1 is 0.524 bits per heavy atom. The van der Waals surface area contributed by atoms with E-state index in [2.05, 4.69) is 23.9 Å². The highest BCUT2D eigenvalue weighted by molar-refractivity contribution is 4.76. The van der Waals surface area contributed by atoms with Crippen molar-refractivity contribution in [2.75, 3.05) is 40.3 Å². The third-order valence-electron chi connectivity index (χ3n) is 5.81. The first kappa shape index (κ1) is 17.3. The van der Waals surface area contributed by atoms with Crippen molar-refractivity contribution in [3.8, 4) is 0 Å². The van der Waals surface area contributed by atoms with Crippen molar-refractivity contribution in [1.29, 1.82) is 0 Å². The normalized spacial score (nSPS) is 30.3. The van der Waals surface area contributed by atoms with E-state index in [4.69, 9.17) is 0 Å². The van der Waals surface area contributed by atoms with Crippen LogP contribution in [-0.4, -0.2) is 50.1 Å². The SMILES string of the molecule is CN1CCCCN(C)CC(C2CCCCCCC2)CCC1. The number of hydrogen-bond acceptors (Lipinski definition) is 2. The van der Waals surface area contributed by atoms with E-state index in [1.807, 2.05) is 0 Å². The fourth-order valence-electron chi connectivity index (χ4n) is 4.43. The Kier molecular flexibility index (Phi) is 8.10. The molecule has 2 fully saturated rings. The molecule has 2 nitrogen and oxygen atoms in total. The largest absolute Gasteiger partial charge is 0.306 e. The molecule has 124 valence electrons. The van der Waals surface area contributed by atoms with Crippen LogP contribution in [0.5, 0.6) is 0 Å². The van der Waals surface area contributed by atoms with Gasteiger partial charge >= 0.3 is 0 Å². The zero-order chi connectivity index (χ0) is 14.9. The van der Waals surface area contributed by atoms with E-state index in [9.17, 15) is 0 Å². The summed E-state index contributed by atoms with van der Waals surface area (Å²) in [4.78, 5) is 5.19. The van der Waals surface area contributed by atoms with Gasteiger partial charge < -0.3 is 9.80 Å².